The van der Waals surface area contributed by atoms with E-state index >= 15 is 0 Å². The Kier molecular flexibility index (Phi) is 7.62. The highest BCUT2D eigenvalue weighted by Crippen LogP contribution is 2.15. The van der Waals surface area contributed by atoms with Crippen molar-refractivity contribution in [1.29, 1.82) is 0 Å². The first-order valence-electron chi connectivity index (χ1n) is 9.94. The number of nitrogens with one attached hydrogen (secondary N) is 1. The number of carbonyl (C=O) groups excluding carboxylic acids is 2. The van der Waals surface area contributed by atoms with Crippen molar-refractivity contribution in [3.05, 3.63) is 71.8 Å². The summed E-state index contributed by atoms with van der Waals surface area (Å²) in [5.41, 5.74) is 2.19. The molecule has 0 radical (unpaired) electrons. The summed E-state index contributed by atoms with van der Waals surface area (Å²) in [7, 11) is 0. The number of carbonyl (C=O) groups is 2. The molecule has 1 atom stereocenters. The van der Waals surface area contributed by atoms with Gasteiger partial charge in [-0.1, -0.05) is 60.7 Å². The van der Waals surface area contributed by atoms with Gasteiger partial charge in [0.2, 0.25) is 11.8 Å². The molecule has 0 spiro atoms. The zero-order valence-corrected chi connectivity index (χ0v) is 16.2. The zero-order valence-electron chi connectivity index (χ0n) is 16.2. The van der Waals surface area contributed by atoms with Gasteiger partial charge in [0, 0.05) is 26.1 Å². The molecule has 1 N–H and O–H groups in total. The molecule has 5 nitrogen and oxygen atoms in total. The highest BCUT2D eigenvalue weighted by Gasteiger charge is 2.26. The maximum atomic E-state index is 12.8. The number of amides is 2. The molecule has 0 aromatic heterocycles. The van der Waals surface area contributed by atoms with Crippen LogP contribution in [-0.4, -0.2) is 49.1 Å². The molecule has 1 fully saturated rings. The first-order valence-corrected chi connectivity index (χ1v) is 9.94. The zero-order chi connectivity index (χ0) is 19.6. The molecular formula is C23H28N2O3. The highest BCUT2D eigenvalue weighted by atomic mass is 16.5. The summed E-state index contributed by atoms with van der Waals surface area (Å²) in [4.78, 5) is 26.8. The summed E-state index contributed by atoms with van der Waals surface area (Å²) in [6, 6.07) is 19.9. The van der Waals surface area contributed by atoms with Gasteiger partial charge in [0.25, 0.3) is 0 Å². The maximum absolute atomic E-state index is 12.8. The van der Waals surface area contributed by atoms with Crippen LogP contribution in [0.15, 0.2) is 60.7 Å². The van der Waals surface area contributed by atoms with Crippen LogP contribution in [-0.2, 0) is 27.2 Å². The molecule has 0 bridgehead atoms. The summed E-state index contributed by atoms with van der Waals surface area (Å²) in [6.45, 7) is 2.34. The Hall–Kier alpha value is -2.66. The molecule has 5 heteroatoms. The van der Waals surface area contributed by atoms with Crippen molar-refractivity contribution < 1.29 is 14.3 Å². The van der Waals surface area contributed by atoms with E-state index in [-0.39, 0.29) is 17.9 Å². The lowest BCUT2D eigenvalue weighted by atomic mass is 10.1. The van der Waals surface area contributed by atoms with Gasteiger partial charge in [-0.2, -0.15) is 0 Å². The third-order valence-corrected chi connectivity index (χ3v) is 5.02. The second-order valence-electron chi connectivity index (χ2n) is 7.10. The Morgan fingerprint density at radius 3 is 2.32 bits per heavy atom. The summed E-state index contributed by atoms with van der Waals surface area (Å²) in [6.07, 6.45) is 2.35. The van der Waals surface area contributed by atoms with Gasteiger partial charge in [-0.3, -0.25) is 9.59 Å². The minimum absolute atomic E-state index is 0.0564. The van der Waals surface area contributed by atoms with E-state index < -0.39 is 0 Å². The third-order valence-electron chi connectivity index (χ3n) is 5.02. The van der Waals surface area contributed by atoms with Crippen molar-refractivity contribution >= 4 is 11.8 Å². The monoisotopic (exact) mass is 380 g/mol. The van der Waals surface area contributed by atoms with Crippen LogP contribution in [0, 0.1) is 0 Å². The highest BCUT2D eigenvalue weighted by molar-refractivity contribution is 5.80. The fourth-order valence-corrected chi connectivity index (χ4v) is 3.47. The van der Waals surface area contributed by atoms with Gasteiger partial charge in [-0.25, -0.2) is 0 Å². The van der Waals surface area contributed by atoms with Crippen LogP contribution in [0.3, 0.4) is 0 Å². The van der Waals surface area contributed by atoms with Gasteiger partial charge in [-0.15, -0.1) is 0 Å². The molecule has 2 aromatic rings. The van der Waals surface area contributed by atoms with Crippen LogP contribution in [0.2, 0.25) is 0 Å². The van der Waals surface area contributed by atoms with Crippen molar-refractivity contribution in [3.63, 3.8) is 0 Å². The first kappa shape index (κ1) is 20.1. The van der Waals surface area contributed by atoms with Crippen LogP contribution in [0.5, 0.6) is 0 Å². The molecular weight excluding hydrogens is 352 g/mol. The van der Waals surface area contributed by atoms with E-state index in [4.69, 9.17) is 4.74 Å². The fourth-order valence-electron chi connectivity index (χ4n) is 3.47. The Bertz CT molecular complexity index is 743. The van der Waals surface area contributed by atoms with Crippen molar-refractivity contribution in [2.24, 2.45) is 0 Å². The van der Waals surface area contributed by atoms with Crippen molar-refractivity contribution in [3.8, 4) is 0 Å². The number of hydrogen-bond acceptors (Lipinski definition) is 3. The third kappa shape index (κ3) is 6.20. The fraction of sp³-hybridized carbons (Fsp3) is 0.391. The first-order chi connectivity index (χ1) is 13.7. The second kappa shape index (κ2) is 10.6. The van der Waals surface area contributed by atoms with Gasteiger partial charge >= 0.3 is 0 Å². The van der Waals surface area contributed by atoms with E-state index in [1.807, 2.05) is 53.4 Å². The molecule has 2 aromatic carbocycles. The van der Waals surface area contributed by atoms with Crippen LogP contribution in [0.1, 0.15) is 24.0 Å². The maximum Gasteiger partial charge on any atom is 0.224 e. The predicted octanol–water partition coefficient (Wildman–Crippen LogP) is 2.60. The second-order valence-corrected chi connectivity index (χ2v) is 7.10. The smallest absolute Gasteiger partial charge is 0.224 e. The number of rotatable bonds is 9. The molecule has 0 saturated carbocycles. The van der Waals surface area contributed by atoms with E-state index in [1.54, 1.807) is 0 Å². The predicted molar refractivity (Wildman–Crippen MR) is 109 cm³/mol. The van der Waals surface area contributed by atoms with Crippen LogP contribution in [0.4, 0.5) is 0 Å². The normalized spacial score (nSPS) is 15.9. The van der Waals surface area contributed by atoms with Crippen molar-refractivity contribution in [2.75, 3.05) is 26.3 Å². The lowest BCUT2D eigenvalue weighted by Gasteiger charge is -2.28. The molecule has 28 heavy (non-hydrogen) atoms. The average molecular weight is 380 g/mol. The van der Waals surface area contributed by atoms with E-state index in [0.717, 1.165) is 18.4 Å². The molecule has 1 aliphatic rings. The Labute approximate surface area is 166 Å². The largest absolute Gasteiger partial charge is 0.379 e. The molecule has 148 valence electrons. The molecule has 1 saturated heterocycles. The van der Waals surface area contributed by atoms with Crippen molar-refractivity contribution in [2.45, 2.75) is 31.7 Å². The minimum Gasteiger partial charge on any atom is -0.379 e. The van der Waals surface area contributed by atoms with Crippen LogP contribution >= 0.6 is 0 Å². The quantitative estimate of drug-likeness (QED) is 0.727. The van der Waals surface area contributed by atoms with E-state index in [2.05, 4.69) is 17.4 Å². The SMILES string of the molecule is O=C(Cc1ccccc1)NCCC(=O)N(CCc1ccccc1)[C@@H]1CCOC1. The lowest BCUT2D eigenvalue weighted by Crippen LogP contribution is -2.43. The number of benzene rings is 2. The summed E-state index contributed by atoms with van der Waals surface area (Å²) in [5, 5.41) is 2.86. The number of nitrogens with zero attached hydrogens (tertiary/aromatic N) is 1. The molecule has 3 rings (SSSR count). The van der Waals surface area contributed by atoms with Crippen LogP contribution < -0.4 is 5.32 Å². The van der Waals surface area contributed by atoms with Gasteiger partial charge in [0.05, 0.1) is 19.1 Å². The van der Waals surface area contributed by atoms with E-state index in [9.17, 15) is 9.59 Å². The molecule has 0 unspecified atom stereocenters. The lowest BCUT2D eigenvalue weighted by molar-refractivity contribution is -0.133. The van der Waals surface area contributed by atoms with Crippen molar-refractivity contribution in [1.82, 2.24) is 10.2 Å². The average Bonchev–Trinajstić information content (AvgIpc) is 3.24. The molecule has 2 amide bonds. The summed E-state index contributed by atoms with van der Waals surface area (Å²) in [5.74, 6) is 0.0190. The number of ether oxygens (including phenoxy) is 1. The van der Waals surface area contributed by atoms with Gasteiger partial charge in [-0.05, 0) is 24.0 Å². The van der Waals surface area contributed by atoms with E-state index in [1.165, 1.54) is 5.56 Å². The van der Waals surface area contributed by atoms with E-state index in [0.29, 0.717) is 39.1 Å². The minimum atomic E-state index is -0.0564. The Morgan fingerprint density at radius 1 is 1.00 bits per heavy atom. The Morgan fingerprint density at radius 2 is 1.68 bits per heavy atom. The van der Waals surface area contributed by atoms with Gasteiger partial charge < -0.3 is 15.0 Å². The standard InChI is InChI=1S/C23H28N2O3/c26-22(17-20-9-5-2-6-10-20)24-14-11-23(27)25(21-13-16-28-18-21)15-12-19-7-3-1-4-8-19/h1-10,21H,11-18H2,(H,24,26)/t21-/m1/s1. The van der Waals surface area contributed by atoms with Gasteiger partial charge in [0.15, 0.2) is 0 Å². The topological polar surface area (TPSA) is 58.6 Å². The summed E-state index contributed by atoms with van der Waals surface area (Å²) >= 11 is 0. The summed E-state index contributed by atoms with van der Waals surface area (Å²) < 4.78 is 5.49. The van der Waals surface area contributed by atoms with Crippen LogP contribution in [0.25, 0.3) is 0 Å². The molecule has 1 aliphatic heterocycles. The molecule has 1 heterocycles. The number of hydrogen-bond donors (Lipinski definition) is 1. The Balaban J connectivity index is 1.47. The van der Waals surface area contributed by atoms with Gasteiger partial charge in [0.1, 0.15) is 0 Å². The molecule has 0 aliphatic carbocycles.